The van der Waals surface area contributed by atoms with Crippen molar-refractivity contribution < 1.29 is 13.2 Å². The van der Waals surface area contributed by atoms with Crippen LogP contribution in [0.15, 0.2) is 4.99 Å². The van der Waals surface area contributed by atoms with E-state index in [0.717, 1.165) is 6.42 Å². The number of halogens is 3. The molecule has 0 aliphatic heterocycles. The van der Waals surface area contributed by atoms with E-state index in [0.29, 0.717) is 12.3 Å². The van der Waals surface area contributed by atoms with Gasteiger partial charge in [-0.3, -0.25) is 4.99 Å². The molecule has 0 radical (unpaired) electrons. The van der Waals surface area contributed by atoms with Gasteiger partial charge in [-0.1, -0.05) is 6.92 Å². The van der Waals surface area contributed by atoms with Crippen LogP contribution in [0, 0.1) is 0 Å². The second-order valence-corrected chi connectivity index (χ2v) is 4.50. The number of nitrogens with zero attached hydrogens (tertiary/aromatic N) is 1. The number of rotatable bonds is 3. The van der Waals surface area contributed by atoms with Crippen molar-refractivity contribution in [3.63, 3.8) is 0 Å². The van der Waals surface area contributed by atoms with Crippen LogP contribution in [0.1, 0.15) is 40.5 Å². The Balaban J connectivity index is 4.38. The molecule has 0 saturated heterocycles. The topological polar surface area (TPSA) is 24.4 Å². The molecule has 0 heterocycles. The Morgan fingerprint density at radius 3 is 2.07 bits per heavy atom. The SMILES string of the molecule is CCCC(=NCC(F)(F)F)NC(C)(C)C. The van der Waals surface area contributed by atoms with Gasteiger partial charge >= 0.3 is 6.18 Å². The van der Waals surface area contributed by atoms with Crippen molar-refractivity contribution in [2.45, 2.75) is 52.3 Å². The maximum absolute atomic E-state index is 12.0. The van der Waals surface area contributed by atoms with Crippen LogP contribution < -0.4 is 5.32 Å². The first-order valence-corrected chi connectivity index (χ1v) is 5.02. The van der Waals surface area contributed by atoms with Crippen molar-refractivity contribution in [3.8, 4) is 0 Å². The number of amidine groups is 1. The van der Waals surface area contributed by atoms with Gasteiger partial charge in [-0.2, -0.15) is 13.2 Å². The molecular weight excluding hydrogens is 205 g/mol. The highest BCUT2D eigenvalue weighted by Crippen LogP contribution is 2.15. The summed E-state index contributed by atoms with van der Waals surface area (Å²) in [4.78, 5) is 3.55. The molecule has 0 bridgehead atoms. The van der Waals surface area contributed by atoms with Crippen LogP contribution in [0.3, 0.4) is 0 Å². The van der Waals surface area contributed by atoms with Crippen LogP contribution in [0.5, 0.6) is 0 Å². The monoisotopic (exact) mass is 224 g/mol. The van der Waals surface area contributed by atoms with E-state index in [1.165, 1.54) is 0 Å². The Hall–Kier alpha value is -0.740. The van der Waals surface area contributed by atoms with E-state index >= 15 is 0 Å². The van der Waals surface area contributed by atoms with E-state index < -0.39 is 12.7 Å². The fourth-order valence-corrected chi connectivity index (χ4v) is 1.04. The van der Waals surface area contributed by atoms with Gasteiger partial charge < -0.3 is 5.32 Å². The molecule has 90 valence electrons. The summed E-state index contributed by atoms with van der Waals surface area (Å²) in [5.74, 6) is 0.433. The van der Waals surface area contributed by atoms with Gasteiger partial charge in [-0.15, -0.1) is 0 Å². The van der Waals surface area contributed by atoms with Gasteiger partial charge in [0.15, 0.2) is 0 Å². The number of aliphatic imine (C=N–C) groups is 1. The predicted molar refractivity (Wildman–Crippen MR) is 56.2 cm³/mol. The molecule has 0 aromatic carbocycles. The Labute approximate surface area is 89.0 Å². The third-order valence-electron chi connectivity index (χ3n) is 1.46. The predicted octanol–water partition coefficient (Wildman–Crippen LogP) is 3.14. The van der Waals surface area contributed by atoms with E-state index in [4.69, 9.17) is 0 Å². The molecule has 0 amide bonds. The zero-order chi connectivity index (χ0) is 12.1. The Kier molecular flexibility index (Phi) is 5.11. The summed E-state index contributed by atoms with van der Waals surface area (Å²) in [6.45, 7) is 6.49. The average Bonchev–Trinajstić information content (AvgIpc) is 1.96. The number of nitrogens with one attached hydrogen (secondary N) is 1. The zero-order valence-electron chi connectivity index (χ0n) is 9.70. The molecule has 15 heavy (non-hydrogen) atoms. The van der Waals surface area contributed by atoms with Crippen LogP contribution in [0.25, 0.3) is 0 Å². The van der Waals surface area contributed by atoms with E-state index in [9.17, 15) is 13.2 Å². The van der Waals surface area contributed by atoms with E-state index in [2.05, 4.69) is 10.3 Å². The van der Waals surface area contributed by atoms with E-state index in [-0.39, 0.29) is 5.54 Å². The normalized spacial score (nSPS) is 14.2. The number of alkyl halides is 3. The van der Waals surface area contributed by atoms with Crippen LogP contribution in [0.2, 0.25) is 0 Å². The number of hydrogen-bond acceptors (Lipinski definition) is 1. The fourth-order valence-electron chi connectivity index (χ4n) is 1.04. The Morgan fingerprint density at radius 1 is 1.20 bits per heavy atom. The minimum atomic E-state index is -4.22. The third kappa shape index (κ3) is 9.56. The lowest BCUT2D eigenvalue weighted by Crippen LogP contribution is -2.41. The van der Waals surface area contributed by atoms with Crippen LogP contribution in [-0.2, 0) is 0 Å². The molecule has 0 spiro atoms. The average molecular weight is 224 g/mol. The quantitative estimate of drug-likeness (QED) is 0.578. The lowest BCUT2D eigenvalue weighted by atomic mass is 10.1. The molecule has 1 N–H and O–H groups in total. The molecule has 0 aromatic heterocycles. The molecule has 0 rings (SSSR count). The first-order chi connectivity index (χ1) is 6.64. The smallest absolute Gasteiger partial charge is 0.369 e. The van der Waals surface area contributed by atoms with Crippen molar-refractivity contribution in [1.82, 2.24) is 5.32 Å². The highest BCUT2D eigenvalue weighted by molar-refractivity contribution is 5.82. The largest absolute Gasteiger partial charge is 0.408 e. The standard InChI is InChI=1S/C10H19F3N2/c1-5-6-8(15-9(2,3)4)14-7-10(11,12)13/h5-7H2,1-4H3,(H,14,15). The molecule has 0 unspecified atom stereocenters. The Morgan fingerprint density at radius 2 is 1.73 bits per heavy atom. The first-order valence-electron chi connectivity index (χ1n) is 5.02. The van der Waals surface area contributed by atoms with Crippen molar-refractivity contribution in [1.29, 1.82) is 0 Å². The van der Waals surface area contributed by atoms with Gasteiger partial charge in [0.25, 0.3) is 0 Å². The van der Waals surface area contributed by atoms with Crippen molar-refractivity contribution in [3.05, 3.63) is 0 Å². The summed E-state index contributed by atoms with van der Waals surface area (Å²) in [6.07, 6.45) is -2.90. The minimum Gasteiger partial charge on any atom is -0.369 e. The maximum atomic E-state index is 12.0. The third-order valence-corrected chi connectivity index (χ3v) is 1.46. The van der Waals surface area contributed by atoms with Gasteiger partial charge in [0.1, 0.15) is 6.54 Å². The van der Waals surface area contributed by atoms with E-state index in [1.807, 2.05) is 27.7 Å². The van der Waals surface area contributed by atoms with Crippen LogP contribution >= 0.6 is 0 Å². The molecule has 0 aromatic rings. The van der Waals surface area contributed by atoms with Crippen molar-refractivity contribution >= 4 is 5.84 Å². The molecule has 2 nitrogen and oxygen atoms in total. The van der Waals surface area contributed by atoms with E-state index in [1.54, 1.807) is 0 Å². The van der Waals surface area contributed by atoms with Crippen molar-refractivity contribution in [2.24, 2.45) is 4.99 Å². The van der Waals surface area contributed by atoms with Gasteiger partial charge in [0.05, 0.1) is 5.84 Å². The first kappa shape index (κ1) is 14.3. The molecule has 0 fully saturated rings. The second kappa shape index (κ2) is 5.37. The lowest BCUT2D eigenvalue weighted by molar-refractivity contribution is -0.118. The van der Waals surface area contributed by atoms with Gasteiger partial charge in [0.2, 0.25) is 0 Å². The molecule has 5 heteroatoms. The zero-order valence-corrected chi connectivity index (χ0v) is 9.70. The molecule has 0 atom stereocenters. The molecule has 0 saturated carbocycles. The highest BCUT2D eigenvalue weighted by atomic mass is 19.4. The van der Waals surface area contributed by atoms with Gasteiger partial charge in [-0.05, 0) is 27.2 Å². The highest BCUT2D eigenvalue weighted by Gasteiger charge is 2.27. The molecule has 0 aliphatic rings. The van der Waals surface area contributed by atoms with Gasteiger partial charge in [0, 0.05) is 12.0 Å². The molecular formula is C10H19F3N2. The lowest BCUT2D eigenvalue weighted by Gasteiger charge is -2.23. The maximum Gasteiger partial charge on any atom is 0.408 e. The summed E-state index contributed by atoms with van der Waals surface area (Å²) in [6, 6.07) is 0. The number of hydrogen-bond donors (Lipinski definition) is 1. The minimum absolute atomic E-state index is 0.250. The summed E-state index contributed by atoms with van der Waals surface area (Å²) in [5.41, 5.74) is -0.250. The second-order valence-electron chi connectivity index (χ2n) is 4.50. The summed E-state index contributed by atoms with van der Waals surface area (Å²) in [5, 5.41) is 2.98. The van der Waals surface area contributed by atoms with Crippen LogP contribution in [0.4, 0.5) is 13.2 Å². The summed E-state index contributed by atoms with van der Waals surface area (Å²) in [7, 11) is 0. The van der Waals surface area contributed by atoms with Crippen LogP contribution in [-0.4, -0.2) is 24.1 Å². The Bertz CT molecular complexity index is 214. The van der Waals surface area contributed by atoms with Crippen molar-refractivity contribution in [2.75, 3.05) is 6.54 Å². The molecule has 0 aliphatic carbocycles. The van der Waals surface area contributed by atoms with Gasteiger partial charge in [-0.25, -0.2) is 0 Å². The summed E-state index contributed by atoms with van der Waals surface area (Å²) < 4.78 is 35.9. The fraction of sp³-hybridized carbons (Fsp3) is 0.900. The summed E-state index contributed by atoms with van der Waals surface area (Å²) >= 11 is 0.